The minimum atomic E-state index is -2.70. The standard InChI is InChI=1S/C47H53F2N11O6/c1-28(61)57-16-12-37-36(26-57)44(58-13-4-6-29-21-34(31-23-50-53(2)24-31)35(43(48)49)22-39(29)58)52-60(37)32-10-14-56(15-11-32)41(63)27-55-19-17-54(18-20-55)25-30-5-3-7-33-42(30)47(66)59(46(33)65)38-8-9-40(62)51-45(38)64/h3,5,7,21-24,32,38,43H,4,6,8-20,25-27H2,1-2H3,(H,51,62,64). The molecule has 2 aromatic carbocycles. The van der Waals surface area contributed by atoms with Crippen LogP contribution in [-0.2, 0) is 52.2 Å². The number of anilines is 2. The molecule has 2 aromatic heterocycles. The molecule has 1 unspecified atom stereocenters. The van der Waals surface area contributed by atoms with Gasteiger partial charge in [0, 0.05) is 120 Å². The van der Waals surface area contributed by atoms with Gasteiger partial charge in [-0.25, -0.2) is 8.78 Å². The molecule has 0 aliphatic carbocycles. The molecule has 1 atom stereocenters. The van der Waals surface area contributed by atoms with Gasteiger partial charge in [0.25, 0.3) is 18.2 Å². The van der Waals surface area contributed by atoms with Gasteiger partial charge in [-0.15, -0.1) is 0 Å². The second-order valence-electron chi connectivity index (χ2n) is 18.4. The van der Waals surface area contributed by atoms with E-state index in [4.69, 9.17) is 5.10 Å². The second-order valence-corrected chi connectivity index (χ2v) is 18.4. The summed E-state index contributed by atoms with van der Waals surface area (Å²) in [6, 6.07) is 7.66. The lowest BCUT2D eigenvalue weighted by Crippen LogP contribution is -2.54. The highest BCUT2D eigenvalue weighted by Crippen LogP contribution is 2.44. The van der Waals surface area contributed by atoms with E-state index in [1.54, 1.807) is 49.2 Å². The number of piperazine rings is 1. The maximum atomic E-state index is 14.7. The van der Waals surface area contributed by atoms with Crippen LogP contribution in [0.25, 0.3) is 11.1 Å². The Hall–Kier alpha value is -6.34. The van der Waals surface area contributed by atoms with Crippen LogP contribution < -0.4 is 10.2 Å². The zero-order valence-corrected chi connectivity index (χ0v) is 37.2. The first-order valence-electron chi connectivity index (χ1n) is 23.0. The van der Waals surface area contributed by atoms with Crippen molar-refractivity contribution in [2.45, 2.75) is 83.5 Å². The number of aryl methyl sites for hydroxylation is 2. The molecule has 6 aliphatic heterocycles. The van der Waals surface area contributed by atoms with E-state index < -0.39 is 36.1 Å². The van der Waals surface area contributed by atoms with E-state index >= 15 is 0 Å². The fourth-order valence-corrected chi connectivity index (χ4v) is 10.8. The van der Waals surface area contributed by atoms with Crippen molar-refractivity contribution in [2.75, 3.05) is 63.8 Å². The van der Waals surface area contributed by atoms with Crippen LogP contribution in [0.3, 0.4) is 0 Å². The van der Waals surface area contributed by atoms with Gasteiger partial charge in [-0.3, -0.25) is 58.1 Å². The number of alkyl halides is 2. The van der Waals surface area contributed by atoms with Crippen LogP contribution in [0.5, 0.6) is 0 Å². The predicted molar refractivity (Wildman–Crippen MR) is 236 cm³/mol. The molecule has 0 bridgehead atoms. The van der Waals surface area contributed by atoms with E-state index in [-0.39, 0.29) is 48.4 Å². The number of aromatic nitrogens is 4. The molecule has 19 heteroatoms. The van der Waals surface area contributed by atoms with E-state index in [2.05, 4.69) is 29.8 Å². The third kappa shape index (κ3) is 7.94. The number of rotatable bonds is 9. The van der Waals surface area contributed by atoms with Crippen LogP contribution >= 0.6 is 0 Å². The molecule has 10 rings (SSSR count). The van der Waals surface area contributed by atoms with Crippen molar-refractivity contribution in [3.63, 3.8) is 0 Å². The summed E-state index contributed by atoms with van der Waals surface area (Å²) >= 11 is 0. The van der Waals surface area contributed by atoms with Crippen molar-refractivity contribution in [3.05, 3.63) is 81.8 Å². The highest BCUT2D eigenvalue weighted by molar-refractivity contribution is 6.24. The average molecular weight is 906 g/mol. The number of carbonyl (C=O) groups is 6. The summed E-state index contributed by atoms with van der Waals surface area (Å²) in [5.74, 6) is -1.37. The molecule has 17 nitrogen and oxygen atoms in total. The van der Waals surface area contributed by atoms with E-state index in [1.165, 1.54) is 0 Å². The normalized spacial score (nSPS) is 20.8. The van der Waals surface area contributed by atoms with Crippen molar-refractivity contribution in [3.8, 4) is 11.1 Å². The van der Waals surface area contributed by atoms with Gasteiger partial charge in [-0.05, 0) is 67.0 Å². The number of hydrogen-bond acceptors (Lipinski definition) is 11. The summed E-state index contributed by atoms with van der Waals surface area (Å²) in [5, 5.41) is 11.7. The van der Waals surface area contributed by atoms with Gasteiger partial charge in [0.1, 0.15) is 6.04 Å². The minimum absolute atomic E-state index is 0.0236. The number of piperidine rings is 2. The summed E-state index contributed by atoms with van der Waals surface area (Å²) in [6.07, 6.45) is 4.40. The fraction of sp³-hybridized carbons (Fsp3) is 0.489. The monoisotopic (exact) mass is 905 g/mol. The third-order valence-electron chi connectivity index (χ3n) is 14.3. The van der Waals surface area contributed by atoms with Crippen molar-refractivity contribution in [1.29, 1.82) is 0 Å². The summed E-state index contributed by atoms with van der Waals surface area (Å²) in [5.41, 5.74) is 6.01. The molecule has 66 heavy (non-hydrogen) atoms. The Morgan fingerprint density at radius 2 is 1.64 bits per heavy atom. The van der Waals surface area contributed by atoms with Crippen molar-refractivity contribution < 1.29 is 37.5 Å². The molecule has 0 spiro atoms. The lowest BCUT2D eigenvalue weighted by Gasteiger charge is -2.37. The summed E-state index contributed by atoms with van der Waals surface area (Å²) in [6.45, 7) is 7.58. The molecule has 6 amide bonds. The number of nitrogens with one attached hydrogen (secondary N) is 1. The summed E-state index contributed by atoms with van der Waals surface area (Å²) in [7, 11) is 1.77. The van der Waals surface area contributed by atoms with Crippen LogP contribution in [0, 0.1) is 0 Å². The Labute approximate surface area is 380 Å². The largest absolute Gasteiger partial charge is 0.341 e. The highest BCUT2D eigenvalue weighted by Gasteiger charge is 2.46. The van der Waals surface area contributed by atoms with Crippen molar-refractivity contribution in [2.24, 2.45) is 7.05 Å². The first-order chi connectivity index (χ1) is 31.8. The quantitative estimate of drug-likeness (QED) is 0.244. The molecule has 6 aliphatic rings. The number of carbonyl (C=O) groups excluding carboxylic acids is 6. The van der Waals surface area contributed by atoms with Gasteiger partial charge < -0.3 is 14.7 Å². The Balaban J connectivity index is 0.786. The van der Waals surface area contributed by atoms with Crippen LogP contribution in [0.1, 0.15) is 100 Å². The van der Waals surface area contributed by atoms with Gasteiger partial charge in [0.2, 0.25) is 23.6 Å². The molecular weight excluding hydrogens is 853 g/mol. The molecule has 3 saturated heterocycles. The van der Waals surface area contributed by atoms with E-state index in [1.807, 2.05) is 21.9 Å². The fourth-order valence-electron chi connectivity index (χ4n) is 10.8. The van der Waals surface area contributed by atoms with Crippen LogP contribution in [0.2, 0.25) is 0 Å². The Morgan fingerprint density at radius 3 is 2.35 bits per heavy atom. The van der Waals surface area contributed by atoms with Gasteiger partial charge in [-0.1, -0.05) is 12.1 Å². The van der Waals surface area contributed by atoms with Crippen LogP contribution in [0.4, 0.5) is 20.3 Å². The van der Waals surface area contributed by atoms with Gasteiger partial charge >= 0.3 is 0 Å². The van der Waals surface area contributed by atoms with Crippen LogP contribution in [-0.4, -0.2) is 144 Å². The van der Waals surface area contributed by atoms with E-state index in [0.717, 1.165) is 34.6 Å². The number of nitrogens with zero attached hydrogens (tertiary/aromatic N) is 10. The molecule has 0 saturated carbocycles. The maximum absolute atomic E-state index is 14.7. The van der Waals surface area contributed by atoms with Gasteiger partial charge in [-0.2, -0.15) is 10.2 Å². The average Bonchev–Trinajstić information content (AvgIpc) is 3.99. The Morgan fingerprint density at radius 1 is 0.864 bits per heavy atom. The van der Waals surface area contributed by atoms with Crippen molar-refractivity contribution in [1.82, 2.24) is 49.4 Å². The minimum Gasteiger partial charge on any atom is -0.341 e. The highest BCUT2D eigenvalue weighted by atomic mass is 19.3. The number of amides is 6. The Kier molecular flexibility index (Phi) is 11.5. The lowest BCUT2D eigenvalue weighted by molar-refractivity contribution is -0.136. The number of fused-ring (bicyclic) bond motifs is 3. The number of hydrogen-bond donors (Lipinski definition) is 1. The molecule has 346 valence electrons. The first kappa shape index (κ1) is 43.5. The molecule has 8 heterocycles. The summed E-state index contributed by atoms with van der Waals surface area (Å²) in [4.78, 5) is 88.9. The van der Waals surface area contributed by atoms with Crippen LogP contribution in [0.15, 0.2) is 42.7 Å². The number of halogens is 2. The SMILES string of the molecule is CC(=O)N1CCc2c(c(N3CCCc4cc(-c5cnn(C)c5)c(C(F)F)cc43)nn2C2CCN(C(=O)CN3CCN(Cc4cccc5c4C(=O)N(C4CCC(=O)NC4=O)C5=O)CC3)CC2)C1. The third-order valence-corrected chi connectivity index (χ3v) is 14.3. The van der Waals surface area contributed by atoms with E-state index in [0.29, 0.717) is 118 Å². The lowest BCUT2D eigenvalue weighted by atomic mass is 9.92. The predicted octanol–water partition coefficient (Wildman–Crippen LogP) is 3.59. The number of benzene rings is 2. The zero-order chi connectivity index (χ0) is 46.0. The Bertz CT molecular complexity index is 2650. The molecule has 0 radical (unpaired) electrons. The topological polar surface area (TPSA) is 170 Å². The van der Waals surface area contributed by atoms with Gasteiger partial charge in [0.15, 0.2) is 5.82 Å². The molecule has 4 aromatic rings. The van der Waals surface area contributed by atoms with Crippen molar-refractivity contribution >= 4 is 46.9 Å². The molecular formula is C47H53F2N11O6. The number of likely N-dealkylation sites (tertiary alicyclic amines) is 1. The molecule has 1 N–H and O–H groups in total. The molecule has 3 fully saturated rings. The van der Waals surface area contributed by atoms with Gasteiger partial charge in [0.05, 0.1) is 36.5 Å². The zero-order valence-electron chi connectivity index (χ0n) is 37.2. The number of imide groups is 2. The maximum Gasteiger partial charge on any atom is 0.264 e. The smallest absolute Gasteiger partial charge is 0.264 e. The van der Waals surface area contributed by atoms with E-state index in [9.17, 15) is 37.5 Å². The summed E-state index contributed by atoms with van der Waals surface area (Å²) < 4.78 is 33.2. The first-order valence-corrected chi connectivity index (χ1v) is 23.0. The second kappa shape index (κ2) is 17.5.